The first-order chi connectivity index (χ1) is 13.0. The van der Waals surface area contributed by atoms with E-state index in [2.05, 4.69) is 5.32 Å². The Bertz CT molecular complexity index is 799. The first-order valence-corrected chi connectivity index (χ1v) is 8.85. The van der Waals surface area contributed by atoms with Crippen molar-refractivity contribution in [3.8, 4) is 16.9 Å². The molecule has 1 aliphatic rings. The van der Waals surface area contributed by atoms with Crippen molar-refractivity contribution in [3.05, 3.63) is 54.1 Å². The lowest BCUT2D eigenvalue weighted by molar-refractivity contribution is -0.131. The summed E-state index contributed by atoms with van der Waals surface area (Å²) in [5.74, 6) is -0.342. The molecule has 2 atom stereocenters. The highest BCUT2D eigenvalue weighted by molar-refractivity contribution is 5.98. The Morgan fingerprint density at radius 3 is 2.11 bits per heavy atom. The fraction of sp³-hybridized carbons (Fsp3) is 0.300. The first-order valence-electron chi connectivity index (χ1n) is 8.85. The van der Waals surface area contributed by atoms with E-state index in [1.165, 1.54) is 5.48 Å². The molecule has 142 valence electrons. The maximum absolute atomic E-state index is 12.3. The van der Waals surface area contributed by atoms with E-state index in [0.717, 1.165) is 29.7 Å². The quantitative estimate of drug-likeness (QED) is 0.439. The Morgan fingerprint density at radius 1 is 1.07 bits per heavy atom. The van der Waals surface area contributed by atoms with Crippen molar-refractivity contribution in [1.82, 2.24) is 10.8 Å². The molecule has 1 saturated carbocycles. The summed E-state index contributed by atoms with van der Waals surface area (Å²) in [6.45, 7) is 1.57. The molecular weight excluding hydrogens is 346 g/mol. The van der Waals surface area contributed by atoms with Crippen LogP contribution < -0.4 is 21.3 Å². The number of hydrogen-bond donors (Lipinski definition) is 4. The van der Waals surface area contributed by atoms with Gasteiger partial charge in [-0.3, -0.25) is 14.8 Å². The number of rotatable bonds is 7. The molecule has 2 aromatic rings. The van der Waals surface area contributed by atoms with Crippen molar-refractivity contribution in [3.63, 3.8) is 0 Å². The van der Waals surface area contributed by atoms with Crippen molar-refractivity contribution in [2.45, 2.75) is 38.0 Å². The molecule has 1 fully saturated rings. The minimum Gasteiger partial charge on any atom is -0.490 e. The number of nitrogens with two attached hydrogens (primary N) is 1. The standard InChI is InChI=1S/C20H23N3O4/c1-12(21)18(20(25)23-26)22-19(24)15-4-2-13(3-5-15)14-6-8-16(9-7-14)27-17-10-11-17/h2-9,12,17-18,26H,10-11,21H2,1H3,(H,22,24)(H,23,25)/t12-,18+/m1/s1. The molecular formula is C20H23N3O4. The zero-order valence-corrected chi connectivity index (χ0v) is 15.0. The van der Waals surface area contributed by atoms with Gasteiger partial charge in [0.05, 0.1) is 6.10 Å². The van der Waals surface area contributed by atoms with Crippen molar-refractivity contribution in [2.75, 3.05) is 0 Å². The number of ether oxygens (including phenoxy) is 1. The normalized spacial score (nSPS) is 15.5. The molecule has 3 rings (SSSR count). The molecule has 0 aliphatic heterocycles. The highest BCUT2D eigenvalue weighted by Crippen LogP contribution is 2.28. The van der Waals surface area contributed by atoms with Gasteiger partial charge in [-0.1, -0.05) is 24.3 Å². The molecule has 0 aromatic heterocycles. The molecule has 0 unspecified atom stereocenters. The Hall–Kier alpha value is -2.90. The van der Waals surface area contributed by atoms with Crippen molar-refractivity contribution < 1.29 is 19.5 Å². The molecule has 0 bridgehead atoms. The maximum atomic E-state index is 12.3. The zero-order valence-electron chi connectivity index (χ0n) is 15.0. The molecule has 0 spiro atoms. The fourth-order valence-electron chi connectivity index (χ4n) is 2.65. The highest BCUT2D eigenvalue weighted by atomic mass is 16.5. The van der Waals surface area contributed by atoms with Crippen LogP contribution in [0, 0.1) is 0 Å². The number of hydrogen-bond acceptors (Lipinski definition) is 5. The van der Waals surface area contributed by atoms with Crippen molar-refractivity contribution in [2.24, 2.45) is 5.73 Å². The van der Waals surface area contributed by atoms with Gasteiger partial charge in [-0.2, -0.15) is 0 Å². The summed E-state index contributed by atoms with van der Waals surface area (Å²) in [7, 11) is 0. The second kappa shape index (κ2) is 8.20. The third-order valence-corrected chi connectivity index (χ3v) is 4.37. The van der Waals surface area contributed by atoms with Crippen LogP contribution in [0.25, 0.3) is 11.1 Å². The van der Waals surface area contributed by atoms with Gasteiger partial charge in [-0.25, -0.2) is 5.48 Å². The van der Waals surface area contributed by atoms with Gasteiger partial charge in [-0.15, -0.1) is 0 Å². The molecule has 2 amide bonds. The summed E-state index contributed by atoms with van der Waals surface area (Å²) < 4.78 is 5.74. The molecule has 0 radical (unpaired) electrons. The molecule has 7 nitrogen and oxygen atoms in total. The van der Waals surface area contributed by atoms with Crippen LogP contribution in [0.15, 0.2) is 48.5 Å². The van der Waals surface area contributed by atoms with Crippen LogP contribution >= 0.6 is 0 Å². The minimum atomic E-state index is -1.03. The predicted molar refractivity (Wildman–Crippen MR) is 100 cm³/mol. The number of carbonyl (C=O) groups is 2. The lowest BCUT2D eigenvalue weighted by atomic mass is 10.0. The number of hydroxylamine groups is 1. The van der Waals surface area contributed by atoms with Gasteiger partial charge in [0.2, 0.25) is 0 Å². The first kappa shape index (κ1) is 18.9. The van der Waals surface area contributed by atoms with E-state index in [1.807, 2.05) is 36.4 Å². The molecule has 5 N–H and O–H groups in total. The Kier molecular flexibility index (Phi) is 5.73. The van der Waals surface area contributed by atoms with E-state index in [4.69, 9.17) is 15.7 Å². The largest absolute Gasteiger partial charge is 0.490 e. The van der Waals surface area contributed by atoms with Gasteiger partial charge in [0.25, 0.3) is 11.8 Å². The number of nitrogens with one attached hydrogen (secondary N) is 2. The Balaban J connectivity index is 1.66. The Morgan fingerprint density at radius 2 is 1.63 bits per heavy atom. The summed E-state index contributed by atoms with van der Waals surface area (Å²) in [4.78, 5) is 23.9. The summed E-state index contributed by atoms with van der Waals surface area (Å²) >= 11 is 0. The monoisotopic (exact) mass is 369 g/mol. The molecule has 0 heterocycles. The molecule has 27 heavy (non-hydrogen) atoms. The zero-order chi connectivity index (χ0) is 19.4. The van der Waals surface area contributed by atoms with Crippen LogP contribution in [-0.4, -0.2) is 35.2 Å². The van der Waals surface area contributed by atoms with Gasteiger partial charge in [0.1, 0.15) is 11.8 Å². The Labute approximate surface area is 157 Å². The van der Waals surface area contributed by atoms with Crippen molar-refractivity contribution >= 4 is 11.8 Å². The lowest BCUT2D eigenvalue weighted by Gasteiger charge is -2.20. The molecule has 2 aromatic carbocycles. The SMILES string of the molecule is C[C@@H](N)[C@H](NC(=O)c1ccc(-c2ccc(OC3CC3)cc2)cc1)C(=O)NO. The number of carbonyl (C=O) groups excluding carboxylic acids is 2. The maximum Gasteiger partial charge on any atom is 0.267 e. The van der Waals surface area contributed by atoms with Gasteiger partial charge in [0, 0.05) is 11.6 Å². The summed E-state index contributed by atoms with van der Waals surface area (Å²) in [6, 6.07) is 13.2. The van der Waals surface area contributed by atoms with Gasteiger partial charge in [0.15, 0.2) is 0 Å². The van der Waals surface area contributed by atoms with E-state index in [9.17, 15) is 9.59 Å². The predicted octanol–water partition coefficient (Wildman–Crippen LogP) is 1.85. The molecule has 7 heteroatoms. The van der Waals surface area contributed by atoms with E-state index in [-0.39, 0.29) is 0 Å². The summed E-state index contributed by atoms with van der Waals surface area (Å²) in [5, 5.41) is 11.3. The van der Waals surface area contributed by atoms with E-state index in [1.54, 1.807) is 19.1 Å². The van der Waals surface area contributed by atoms with Gasteiger partial charge >= 0.3 is 0 Å². The van der Waals surface area contributed by atoms with Crippen LogP contribution in [0.1, 0.15) is 30.1 Å². The molecule has 1 aliphatic carbocycles. The average Bonchev–Trinajstić information content (AvgIpc) is 3.50. The topological polar surface area (TPSA) is 114 Å². The highest BCUT2D eigenvalue weighted by Gasteiger charge is 2.25. The summed E-state index contributed by atoms with van der Waals surface area (Å²) in [6.07, 6.45) is 2.60. The lowest BCUT2D eigenvalue weighted by Crippen LogP contribution is -2.54. The fourth-order valence-corrected chi connectivity index (χ4v) is 2.65. The second-order valence-electron chi connectivity index (χ2n) is 6.71. The van der Waals surface area contributed by atoms with Crippen LogP contribution in [0.3, 0.4) is 0 Å². The van der Waals surface area contributed by atoms with Crippen LogP contribution in [-0.2, 0) is 4.79 Å². The average molecular weight is 369 g/mol. The molecule has 0 saturated heterocycles. The van der Waals surface area contributed by atoms with E-state index >= 15 is 0 Å². The number of benzene rings is 2. The van der Waals surface area contributed by atoms with Crippen molar-refractivity contribution in [1.29, 1.82) is 0 Å². The van der Waals surface area contributed by atoms with Crippen LogP contribution in [0.4, 0.5) is 0 Å². The summed E-state index contributed by atoms with van der Waals surface area (Å²) in [5.41, 5.74) is 9.56. The van der Waals surface area contributed by atoms with E-state index < -0.39 is 23.9 Å². The minimum absolute atomic E-state index is 0.363. The smallest absolute Gasteiger partial charge is 0.267 e. The second-order valence-corrected chi connectivity index (χ2v) is 6.71. The third-order valence-electron chi connectivity index (χ3n) is 4.37. The van der Waals surface area contributed by atoms with Crippen LogP contribution in [0.5, 0.6) is 5.75 Å². The van der Waals surface area contributed by atoms with E-state index in [0.29, 0.717) is 11.7 Å². The van der Waals surface area contributed by atoms with Crippen LogP contribution in [0.2, 0.25) is 0 Å². The number of amides is 2. The third kappa shape index (κ3) is 4.84. The van der Waals surface area contributed by atoms with Gasteiger partial charge in [-0.05, 0) is 55.2 Å². The van der Waals surface area contributed by atoms with Gasteiger partial charge < -0.3 is 15.8 Å².